The molecule has 2 aliphatic heterocycles. The van der Waals surface area contributed by atoms with E-state index in [4.69, 9.17) is 9.47 Å². The Hall–Kier alpha value is -0.160. The molecule has 3 rings (SSSR count). The van der Waals surface area contributed by atoms with Crippen LogP contribution in [0.3, 0.4) is 0 Å². The second kappa shape index (κ2) is 5.19. The predicted octanol–water partition coefficient (Wildman–Crippen LogP) is 2.67. The fourth-order valence-electron chi connectivity index (χ4n) is 5.11. The zero-order valence-electron chi connectivity index (χ0n) is 13.7. The van der Waals surface area contributed by atoms with Gasteiger partial charge >= 0.3 is 0 Å². The predicted molar refractivity (Wildman–Crippen MR) is 79.4 cm³/mol. The molecule has 122 valence electrons. The molecule has 0 amide bonds. The number of aliphatic hydroxyl groups is 2. The molecule has 0 spiro atoms. The van der Waals surface area contributed by atoms with Crippen molar-refractivity contribution >= 4 is 0 Å². The summed E-state index contributed by atoms with van der Waals surface area (Å²) in [5.41, 5.74) is -0.955. The van der Waals surface area contributed by atoms with Crippen molar-refractivity contribution in [2.45, 2.75) is 83.6 Å². The summed E-state index contributed by atoms with van der Waals surface area (Å²) in [6.45, 7) is 8.22. The monoisotopic (exact) mass is 298 g/mol. The Kier molecular flexibility index (Phi) is 3.89. The largest absolute Gasteiger partial charge is 0.384 e. The van der Waals surface area contributed by atoms with Gasteiger partial charge in [-0.1, -0.05) is 20.8 Å². The third-order valence-corrected chi connectivity index (χ3v) is 6.39. The van der Waals surface area contributed by atoms with Crippen LogP contribution in [0.25, 0.3) is 0 Å². The van der Waals surface area contributed by atoms with Gasteiger partial charge in [-0.15, -0.1) is 0 Å². The fraction of sp³-hybridized carbons (Fsp3) is 1.00. The van der Waals surface area contributed by atoms with E-state index >= 15 is 0 Å². The van der Waals surface area contributed by atoms with Crippen molar-refractivity contribution < 1.29 is 19.7 Å². The van der Waals surface area contributed by atoms with Crippen molar-refractivity contribution in [2.24, 2.45) is 23.7 Å². The smallest absolute Gasteiger partial charge is 0.190 e. The second-order valence-electron chi connectivity index (χ2n) is 7.76. The third kappa shape index (κ3) is 2.35. The molecule has 2 saturated heterocycles. The molecule has 0 radical (unpaired) electrons. The normalized spacial score (nSPS) is 57.4. The van der Waals surface area contributed by atoms with Gasteiger partial charge in [-0.05, 0) is 56.3 Å². The number of ether oxygens (including phenoxy) is 2. The van der Waals surface area contributed by atoms with Crippen molar-refractivity contribution in [1.82, 2.24) is 0 Å². The summed E-state index contributed by atoms with van der Waals surface area (Å²) in [5, 5.41) is 22.0. The maximum absolute atomic E-state index is 11.6. The maximum Gasteiger partial charge on any atom is 0.190 e. The van der Waals surface area contributed by atoms with Gasteiger partial charge in [-0.3, -0.25) is 0 Å². The number of hydrogen-bond acceptors (Lipinski definition) is 4. The molecule has 3 fully saturated rings. The molecule has 0 aromatic rings. The SMILES string of the molecule is CC[C@H]1O[C@@H]2O[C@@](C)(O)CC[C@H]3[C@H](C)CC[C@@H]([C@H]1C)[C@@]23O. The van der Waals surface area contributed by atoms with Gasteiger partial charge < -0.3 is 19.7 Å². The molecular weight excluding hydrogens is 268 g/mol. The second-order valence-corrected chi connectivity index (χ2v) is 7.76. The molecule has 1 saturated carbocycles. The zero-order chi connectivity index (χ0) is 15.4. The van der Waals surface area contributed by atoms with Crippen LogP contribution >= 0.6 is 0 Å². The van der Waals surface area contributed by atoms with Gasteiger partial charge in [0.05, 0.1) is 6.10 Å². The number of hydrogen-bond donors (Lipinski definition) is 2. The Labute approximate surface area is 127 Å². The highest BCUT2D eigenvalue weighted by Crippen LogP contribution is 2.55. The summed E-state index contributed by atoms with van der Waals surface area (Å²) < 4.78 is 12.0. The zero-order valence-corrected chi connectivity index (χ0v) is 13.7. The van der Waals surface area contributed by atoms with Crippen LogP contribution in [-0.4, -0.2) is 34.0 Å². The Bertz CT molecular complexity index is 396. The van der Waals surface area contributed by atoms with Crippen molar-refractivity contribution in [3.8, 4) is 0 Å². The highest BCUT2D eigenvalue weighted by atomic mass is 16.8. The van der Waals surface area contributed by atoms with E-state index in [9.17, 15) is 10.2 Å². The van der Waals surface area contributed by atoms with E-state index in [0.29, 0.717) is 18.3 Å². The summed E-state index contributed by atoms with van der Waals surface area (Å²) in [6.07, 6.45) is 3.84. The van der Waals surface area contributed by atoms with Crippen LogP contribution in [0, 0.1) is 23.7 Å². The van der Waals surface area contributed by atoms with Crippen LogP contribution in [0.1, 0.15) is 59.8 Å². The molecule has 0 unspecified atom stereocenters. The van der Waals surface area contributed by atoms with E-state index in [0.717, 1.165) is 25.7 Å². The first-order valence-corrected chi connectivity index (χ1v) is 8.57. The summed E-state index contributed by atoms with van der Waals surface area (Å²) in [6, 6.07) is 0. The topological polar surface area (TPSA) is 58.9 Å². The van der Waals surface area contributed by atoms with E-state index < -0.39 is 17.7 Å². The van der Waals surface area contributed by atoms with Crippen LogP contribution in [0.2, 0.25) is 0 Å². The Morgan fingerprint density at radius 3 is 2.48 bits per heavy atom. The lowest BCUT2D eigenvalue weighted by atomic mass is 9.57. The first-order valence-electron chi connectivity index (χ1n) is 8.57. The standard InChI is InChI=1S/C17H30O4/c1-5-14-11(3)13-7-6-10(2)12-8-9-16(4,18)21-15(20-14)17(12,13)19/h10-15,18-19H,5-9H2,1-4H3/t10-,11-,12+,13+,14-,15-,16-,17-/m1/s1. The van der Waals surface area contributed by atoms with E-state index in [2.05, 4.69) is 20.8 Å². The summed E-state index contributed by atoms with van der Waals surface area (Å²) in [7, 11) is 0. The Morgan fingerprint density at radius 1 is 1.10 bits per heavy atom. The molecular formula is C17H30O4. The van der Waals surface area contributed by atoms with Gasteiger partial charge in [0, 0.05) is 6.42 Å². The summed E-state index contributed by atoms with van der Waals surface area (Å²) in [4.78, 5) is 0. The van der Waals surface area contributed by atoms with Crippen molar-refractivity contribution in [3.05, 3.63) is 0 Å². The Morgan fingerprint density at radius 2 is 1.81 bits per heavy atom. The van der Waals surface area contributed by atoms with Gasteiger partial charge in [0.2, 0.25) is 0 Å². The molecule has 2 N–H and O–H groups in total. The molecule has 4 nitrogen and oxygen atoms in total. The summed E-state index contributed by atoms with van der Waals surface area (Å²) >= 11 is 0. The molecule has 0 aromatic heterocycles. The van der Waals surface area contributed by atoms with Crippen molar-refractivity contribution in [1.29, 1.82) is 0 Å². The van der Waals surface area contributed by atoms with E-state index in [1.54, 1.807) is 6.92 Å². The van der Waals surface area contributed by atoms with Gasteiger partial charge in [-0.2, -0.15) is 0 Å². The molecule has 1 aliphatic carbocycles. The molecule has 3 aliphatic rings. The number of rotatable bonds is 1. The van der Waals surface area contributed by atoms with Crippen molar-refractivity contribution in [2.75, 3.05) is 0 Å². The minimum Gasteiger partial charge on any atom is -0.384 e. The molecule has 0 aromatic carbocycles. The van der Waals surface area contributed by atoms with Crippen LogP contribution in [-0.2, 0) is 9.47 Å². The van der Waals surface area contributed by atoms with E-state index in [1.165, 1.54) is 0 Å². The minimum absolute atomic E-state index is 0.100. The lowest BCUT2D eigenvalue weighted by Crippen LogP contribution is -2.66. The first-order chi connectivity index (χ1) is 9.79. The quantitative estimate of drug-likeness (QED) is 0.781. The van der Waals surface area contributed by atoms with E-state index in [1.807, 2.05) is 0 Å². The maximum atomic E-state index is 11.6. The van der Waals surface area contributed by atoms with Crippen LogP contribution in [0.15, 0.2) is 0 Å². The van der Waals surface area contributed by atoms with Gasteiger partial charge in [0.15, 0.2) is 12.1 Å². The highest BCUT2D eigenvalue weighted by molar-refractivity contribution is 5.07. The molecule has 0 bridgehead atoms. The molecule has 2 heterocycles. The molecule has 8 atom stereocenters. The average Bonchev–Trinajstić information content (AvgIpc) is 2.50. The third-order valence-electron chi connectivity index (χ3n) is 6.39. The van der Waals surface area contributed by atoms with Gasteiger partial charge in [0.25, 0.3) is 0 Å². The van der Waals surface area contributed by atoms with Crippen molar-refractivity contribution in [3.63, 3.8) is 0 Å². The average molecular weight is 298 g/mol. The lowest BCUT2D eigenvalue weighted by molar-refractivity contribution is -0.378. The van der Waals surface area contributed by atoms with Gasteiger partial charge in [-0.25, -0.2) is 0 Å². The minimum atomic E-state index is -1.21. The van der Waals surface area contributed by atoms with Crippen LogP contribution in [0.5, 0.6) is 0 Å². The van der Waals surface area contributed by atoms with Crippen LogP contribution < -0.4 is 0 Å². The summed E-state index contributed by atoms with van der Waals surface area (Å²) in [5.74, 6) is -0.0779. The lowest BCUT2D eigenvalue weighted by Gasteiger charge is -2.57. The van der Waals surface area contributed by atoms with Gasteiger partial charge in [0.1, 0.15) is 5.60 Å². The van der Waals surface area contributed by atoms with Crippen LogP contribution in [0.4, 0.5) is 0 Å². The van der Waals surface area contributed by atoms with E-state index in [-0.39, 0.29) is 17.9 Å². The fourth-order valence-corrected chi connectivity index (χ4v) is 5.11. The Balaban J connectivity index is 2.01. The highest BCUT2D eigenvalue weighted by Gasteiger charge is 2.62. The molecule has 21 heavy (non-hydrogen) atoms. The molecule has 4 heteroatoms. The first kappa shape index (κ1) is 15.7.